The summed E-state index contributed by atoms with van der Waals surface area (Å²) in [5, 5.41) is 0. The molecule has 1 aromatic carbocycles. The molecule has 0 aromatic heterocycles. The molecule has 130 valence electrons. The van der Waals surface area contributed by atoms with E-state index in [0.717, 1.165) is 0 Å². The lowest BCUT2D eigenvalue weighted by atomic mass is 10.3. The van der Waals surface area contributed by atoms with Crippen molar-refractivity contribution in [3.05, 3.63) is 24.3 Å². The molecule has 2 rings (SSSR count). The molecule has 8 nitrogen and oxygen atoms in total. The summed E-state index contributed by atoms with van der Waals surface area (Å²) < 4.78 is 53.8. The minimum atomic E-state index is -3.78. The molecule has 1 heterocycles. The second kappa shape index (κ2) is 7.34. The summed E-state index contributed by atoms with van der Waals surface area (Å²) in [7, 11) is -5.05. The maximum atomic E-state index is 13.1. The van der Waals surface area contributed by atoms with Gasteiger partial charge in [0.1, 0.15) is 5.75 Å². The Morgan fingerprint density at radius 3 is 2.17 bits per heavy atom. The van der Waals surface area contributed by atoms with E-state index in [2.05, 4.69) is 0 Å². The smallest absolute Gasteiger partial charge is 0.438 e. The van der Waals surface area contributed by atoms with Crippen molar-refractivity contribution < 1.29 is 32.0 Å². The van der Waals surface area contributed by atoms with Crippen LogP contribution in [-0.4, -0.2) is 33.4 Å². The molecule has 0 radical (unpaired) electrons. The van der Waals surface area contributed by atoms with Crippen LogP contribution in [-0.2, 0) is 27.2 Å². The minimum Gasteiger partial charge on any atom is -0.455 e. The van der Waals surface area contributed by atoms with Crippen LogP contribution >= 0.6 is 15.3 Å². The number of ether oxygens (including phenoxy) is 1. The van der Waals surface area contributed by atoms with Gasteiger partial charge < -0.3 is 13.8 Å². The van der Waals surface area contributed by atoms with Gasteiger partial charge in [0.25, 0.3) is 5.97 Å². The van der Waals surface area contributed by atoms with Crippen LogP contribution in [0.25, 0.3) is 0 Å². The number of hydrogen-bond acceptors (Lipinski definition) is 7. The van der Waals surface area contributed by atoms with Gasteiger partial charge >= 0.3 is 15.3 Å². The zero-order chi connectivity index (χ0) is 17.1. The molecule has 23 heavy (non-hydrogen) atoms. The molecule has 1 unspecified atom stereocenters. The van der Waals surface area contributed by atoms with Gasteiger partial charge in [0.05, 0.1) is 18.9 Å². The van der Waals surface area contributed by atoms with Crippen molar-refractivity contribution >= 4 is 21.0 Å². The third-order valence-electron chi connectivity index (χ3n) is 3.17. The fourth-order valence-corrected chi connectivity index (χ4v) is 5.92. The van der Waals surface area contributed by atoms with Gasteiger partial charge in [0.2, 0.25) is 0 Å². The van der Waals surface area contributed by atoms with Gasteiger partial charge in [-0.05, 0) is 26.0 Å². The molecule has 0 fully saturated rings. The average Bonchev–Trinajstić information content (AvgIpc) is 2.95. The van der Waals surface area contributed by atoms with Crippen molar-refractivity contribution in [3.63, 3.8) is 0 Å². The predicted octanol–water partition coefficient (Wildman–Crippen LogP) is 3.84. The summed E-state index contributed by atoms with van der Waals surface area (Å²) in [6.07, 6.45) is 0. The molecule has 10 heteroatoms. The number of fused-ring (bicyclic) bond motifs is 1. The lowest BCUT2D eigenvalue weighted by molar-refractivity contribution is 0.168. The molecule has 0 saturated carbocycles. The standard InChI is InChI=1S/C13H21NO7P2/c1-5-19-22(15,20-6-2)13-14(23(16,17-3)18-4)11-9-7-8-10-12(11)21-13/h7-10,13H,5-6H2,1-4H3. The Kier molecular flexibility index (Phi) is 5.89. The zero-order valence-corrected chi connectivity index (χ0v) is 15.3. The van der Waals surface area contributed by atoms with Crippen LogP contribution < -0.4 is 9.41 Å². The highest BCUT2D eigenvalue weighted by atomic mass is 31.2. The van der Waals surface area contributed by atoms with Crippen molar-refractivity contribution in [3.8, 4) is 5.75 Å². The summed E-state index contributed by atoms with van der Waals surface area (Å²) in [5.74, 6) is -0.864. The molecule has 0 spiro atoms. The van der Waals surface area contributed by atoms with Gasteiger partial charge in [-0.25, -0.2) is 9.24 Å². The highest BCUT2D eigenvalue weighted by Crippen LogP contribution is 2.67. The third-order valence-corrected chi connectivity index (χ3v) is 7.34. The molecule has 0 bridgehead atoms. The number of nitrogens with zero attached hydrogens (tertiary/aromatic N) is 1. The second-order valence-electron chi connectivity index (χ2n) is 4.47. The number of hydrogen-bond donors (Lipinski definition) is 0. The van der Waals surface area contributed by atoms with Crippen LogP contribution in [0.1, 0.15) is 13.8 Å². The largest absolute Gasteiger partial charge is 0.455 e. The van der Waals surface area contributed by atoms with E-state index in [9.17, 15) is 9.13 Å². The Bertz CT molecular complexity index is 621. The van der Waals surface area contributed by atoms with Gasteiger partial charge in [-0.1, -0.05) is 12.1 Å². The SMILES string of the molecule is CCOP(=O)(OCC)C1Oc2ccccc2N1P(=O)(OC)OC. The van der Waals surface area contributed by atoms with Crippen LogP contribution in [0, 0.1) is 0 Å². The van der Waals surface area contributed by atoms with Crippen molar-refractivity contribution in [1.29, 1.82) is 0 Å². The van der Waals surface area contributed by atoms with E-state index in [1.54, 1.807) is 38.1 Å². The summed E-state index contributed by atoms with van der Waals surface area (Å²) in [5.41, 5.74) is 0.434. The lowest BCUT2D eigenvalue weighted by Gasteiger charge is -2.32. The molecule has 1 aromatic rings. The summed E-state index contributed by atoms with van der Waals surface area (Å²) in [4.78, 5) is 0. The summed E-state index contributed by atoms with van der Waals surface area (Å²) >= 11 is 0. The lowest BCUT2D eigenvalue weighted by Crippen LogP contribution is -2.34. The monoisotopic (exact) mass is 365 g/mol. The van der Waals surface area contributed by atoms with E-state index in [4.69, 9.17) is 22.8 Å². The van der Waals surface area contributed by atoms with E-state index >= 15 is 0 Å². The fraction of sp³-hybridized carbons (Fsp3) is 0.538. The first-order valence-electron chi connectivity index (χ1n) is 7.11. The molecule has 0 N–H and O–H groups in total. The zero-order valence-electron chi connectivity index (χ0n) is 13.5. The van der Waals surface area contributed by atoms with Crippen molar-refractivity contribution in [1.82, 2.24) is 0 Å². The Morgan fingerprint density at radius 1 is 1.09 bits per heavy atom. The van der Waals surface area contributed by atoms with Gasteiger partial charge in [-0.15, -0.1) is 0 Å². The van der Waals surface area contributed by atoms with E-state index in [1.807, 2.05) is 0 Å². The van der Waals surface area contributed by atoms with Gasteiger partial charge in [0.15, 0.2) is 0 Å². The van der Waals surface area contributed by atoms with E-state index in [1.165, 1.54) is 18.9 Å². The Hall–Kier alpha value is -0.880. The van der Waals surface area contributed by atoms with Crippen LogP contribution in [0.5, 0.6) is 5.75 Å². The minimum absolute atomic E-state index is 0.144. The van der Waals surface area contributed by atoms with Crippen LogP contribution in [0.15, 0.2) is 24.3 Å². The maximum Gasteiger partial charge on any atom is 0.438 e. The molecule has 0 saturated heterocycles. The molecular formula is C13H21NO7P2. The number of anilines is 1. The molecule has 0 amide bonds. The van der Waals surface area contributed by atoms with E-state index in [0.29, 0.717) is 11.4 Å². The highest BCUT2D eigenvalue weighted by Gasteiger charge is 2.54. The highest BCUT2D eigenvalue weighted by molar-refractivity contribution is 7.60. The van der Waals surface area contributed by atoms with Crippen LogP contribution in [0.2, 0.25) is 0 Å². The first kappa shape index (κ1) is 18.5. The molecule has 1 aliphatic heterocycles. The van der Waals surface area contributed by atoms with Gasteiger partial charge in [-0.2, -0.15) is 0 Å². The Morgan fingerprint density at radius 2 is 1.65 bits per heavy atom. The maximum absolute atomic E-state index is 13.1. The van der Waals surface area contributed by atoms with Crippen molar-refractivity contribution in [2.75, 3.05) is 32.1 Å². The predicted molar refractivity (Wildman–Crippen MR) is 85.8 cm³/mol. The van der Waals surface area contributed by atoms with Crippen LogP contribution in [0.3, 0.4) is 0 Å². The Labute approximate surface area is 135 Å². The quantitative estimate of drug-likeness (QED) is 0.643. The fourth-order valence-electron chi connectivity index (χ4n) is 2.26. The number of benzene rings is 1. The van der Waals surface area contributed by atoms with Crippen LogP contribution in [0.4, 0.5) is 5.69 Å². The second-order valence-corrected chi connectivity index (χ2v) is 8.60. The number of rotatable bonds is 8. The third kappa shape index (κ3) is 3.33. The molecule has 1 atom stereocenters. The van der Waals surface area contributed by atoms with Crippen molar-refractivity contribution in [2.24, 2.45) is 0 Å². The van der Waals surface area contributed by atoms with Crippen molar-refractivity contribution in [2.45, 2.75) is 19.8 Å². The van der Waals surface area contributed by atoms with E-state index in [-0.39, 0.29) is 13.2 Å². The average molecular weight is 365 g/mol. The molecule has 0 aliphatic carbocycles. The van der Waals surface area contributed by atoms with Gasteiger partial charge in [-0.3, -0.25) is 13.6 Å². The van der Waals surface area contributed by atoms with E-state index < -0.39 is 21.3 Å². The summed E-state index contributed by atoms with van der Waals surface area (Å²) in [6, 6.07) is 6.82. The Balaban J connectivity index is 2.55. The molecular weight excluding hydrogens is 344 g/mol. The normalized spacial score (nSPS) is 17.9. The number of para-hydroxylation sites is 2. The summed E-state index contributed by atoms with van der Waals surface area (Å²) in [6.45, 7) is 3.66. The van der Waals surface area contributed by atoms with Gasteiger partial charge in [0, 0.05) is 14.2 Å². The topological polar surface area (TPSA) is 83.5 Å². The molecule has 1 aliphatic rings. The first-order chi connectivity index (χ1) is 11.0. The first-order valence-corrected chi connectivity index (χ1v) is 10.2.